The summed E-state index contributed by atoms with van der Waals surface area (Å²) in [6.07, 6.45) is 3.22. The summed E-state index contributed by atoms with van der Waals surface area (Å²) in [7, 11) is -1.74. The van der Waals surface area contributed by atoms with Crippen molar-refractivity contribution in [2.45, 2.75) is 44.2 Å². The number of piperidine rings is 1. The highest BCUT2D eigenvalue weighted by atomic mass is 32.2. The minimum Gasteiger partial charge on any atom is -0.321 e. The summed E-state index contributed by atoms with van der Waals surface area (Å²) in [5.41, 5.74) is 3.41. The predicted molar refractivity (Wildman–Crippen MR) is 121 cm³/mol. The van der Waals surface area contributed by atoms with E-state index in [0.717, 1.165) is 31.5 Å². The second-order valence-corrected chi connectivity index (χ2v) is 10.3. The van der Waals surface area contributed by atoms with Crippen LogP contribution in [0.15, 0.2) is 53.1 Å². The fourth-order valence-corrected chi connectivity index (χ4v) is 5.97. The minimum absolute atomic E-state index is 0.0980. The molecular formula is C23H28N4O3S. The van der Waals surface area contributed by atoms with Crippen molar-refractivity contribution in [1.29, 1.82) is 0 Å². The average Bonchev–Trinajstić information content (AvgIpc) is 3.08. The summed E-state index contributed by atoms with van der Waals surface area (Å²) < 4.78 is 29.3. The van der Waals surface area contributed by atoms with Gasteiger partial charge in [-0.25, -0.2) is 8.42 Å². The maximum absolute atomic E-state index is 13.8. The second-order valence-electron chi connectivity index (χ2n) is 8.44. The molecule has 164 valence electrons. The van der Waals surface area contributed by atoms with Gasteiger partial charge in [0.15, 0.2) is 0 Å². The molecule has 1 N–H and O–H groups in total. The van der Waals surface area contributed by atoms with E-state index in [1.165, 1.54) is 0 Å². The van der Waals surface area contributed by atoms with Crippen LogP contribution < -0.4 is 5.32 Å². The molecule has 3 heterocycles. The molecule has 2 aromatic rings. The van der Waals surface area contributed by atoms with E-state index < -0.39 is 10.0 Å². The van der Waals surface area contributed by atoms with Crippen LogP contribution in [-0.4, -0.2) is 54.7 Å². The molecule has 0 atom stereocenters. The highest BCUT2D eigenvalue weighted by Gasteiger charge is 2.35. The third-order valence-electron chi connectivity index (χ3n) is 5.98. The van der Waals surface area contributed by atoms with Crippen molar-refractivity contribution >= 4 is 27.2 Å². The smallest absolute Gasteiger partial charge is 0.256 e. The Bertz CT molecular complexity index is 1120. The van der Waals surface area contributed by atoms with E-state index in [1.54, 1.807) is 28.7 Å². The Morgan fingerprint density at radius 3 is 2.58 bits per heavy atom. The van der Waals surface area contributed by atoms with Gasteiger partial charge in [0.25, 0.3) is 5.91 Å². The van der Waals surface area contributed by atoms with E-state index in [-0.39, 0.29) is 23.4 Å². The summed E-state index contributed by atoms with van der Waals surface area (Å²) in [5, 5.41) is 2.82. The number of benzene rings is 1. The van der Waals surface area contributed by atoms with Crippen LogP contribution in [0.4, 0.5) is 5.69 Å². The summed E-state index contributed by atoms with van der Waals surface area (Å²) in [6, 6.07) is 10.3. The van der Waals surface area contributed by atoms with E-state index in [2.05, 4.69) is 22.2 Å². The average molecular weight is 441 g/mol. The first-order valence-corrected chi connectivity index (χ1v) is 11.9. The van der Waals surface area contributed by atoms with Crippen LogP contribution in [-0.2, 0) is 21.4 Å². The molecule has 0 saturated carbocycles. The fourth-order valence-electron chi connectivity index (χ4n) is 4.28. The zero-order valence-electron chi connectivity index (χ0n) is 18.1. The van der Waals surface area contributed by atoms with Crippen LogP contribution in [0.5, 0.6) is 0 Å². The van der Waals surface area contributed by atoms with Gasteiger partial charge in [0, 0.05) is 29.1 Å². The second kappa shape index (κ2) is 8.53. The van der Waals surface area contributed by atoms with Crippen LogP contribution in [0.3, 0.4) is 0 Å². The molecule has 0 spiro atoms. The lowest BCUT2D eigenvalue weighted by Crippen LogP contribution is -2.46. The van der Waals surface area contributed by atoms with Crippen LogP contribution >= 0.6 is 0 Å². The minimum atomic E-state index is -3.79. The molecule has 1 fully saturated rings. The summed E-state index contributed by atoms with van der Waals surface area (Å²) in [6.45, 7) is 5.64. The number of aromatic nitrogens is 1. The number of nitrogens with one attached hydrogen (secondary N) is 1. The van der Waals surface area contributed by atoms with Gasteiger partial charge in [0.2, 0.25) is 10.0 Å². The number of carbonyl (C=O) groups is 1. The Morgan fingerprint density at radius 2 is 1.94 bits per heavy atom. The first-order valence-electron chi connectivity index (χ1n) is 10.5. The summed E-state index contributed by atoms with van der Waals surface area (Å²) in [4.78, 5) is 19.1. The van der Waals surface area contributed by atoms with Crippen molar-refractivity contribution in [3.63, 3.8) is 0 Å². The summed E-state index contributed by atoms with van der Waals surface area (Å²) >= 11 is 0. The van der Waals surface area contributed by atoms with Gasteiger partial charge in [0.05, 0.1) is 17.1 Å². The van der Waals surface area contributed by atoms with E-state index in [9.17, 15) is 13.2 Å². The third-order valence-corrected chi connectivity index (χ3v) is 7.88. The molecule has 31 heavy (non-hydrogen) atoms. The number of pyridine rings is 1. The first kappa shape index (κ1) is 21.7. The number of rotatable bonds is 5. The van der Waals surface area contributed by atoms with E-state index >= 15 is 0 Å². The lowest BCUT2D eigenvalue weighted by atomic mass is 10.0. The number of carbonyl (C=O) groups excluding carboxylic acids is 1. The lowest BCUT2D eigenvalue weighted by Gasteiger charge is -2.36. The van der Waals surface area contributed by atoms with Crippen molar-refractivity contribution in [2.75, 3.05) is 25.5 Å². The molecule has 4 rings (SSSR count). The van der Waals surface area contributed by atoms with Crippen LogP contribution in [0.25, 0.3) is 5.57 Å². The van der Waals surface area contributed by atoms with Gasteiger partial charge in [0.1, 0.15) is 0 Å². The van der Waals surface area contributed by atoms with Gasteiger partial charge in [-0.05, 0) is 77.2 Å². The normalized spacial score (nSPS) is 17.7. The van der Waals surface area contributed by atoms with Crippen molar-refractivity contribution in [1.82, 2.24) is 14.2 Å². The van der Waals surface area contributed by atoms with E-state index in [1.807, 2.05) is 32.0 Å². The predicted octanol–water partition coefficient (Wildman–Crippen LogP) is 3.11. The number of fused-ring (bicyclic) bond motifs is 1. The van der Waals surface area contributed by atoms with Crippen molar-refractivity contribution in [3.05, 3.63) is 59.4 Å². The SMILES string of the molecule is CC(C)=C1C(=O)Nc2ccc(S(=O)(=O)N(Cc3ccccn3)C3CCN(C)CC3)cc21. The number of hydrogen-bond acceptors (Lipinski definition) is 5. The number of allylic oxidation sites excluding steroid dienone is 1. The quantitative estimate of drug-likeness (QED) is 0.723. The monoisotopic (exact) mass is 440 g/mol. The Hall–Kier alpha value is -2.55. The maximum Gasteiger partial charge on any atom is 0.256 e. The molecule has 0 aliphatic carbocycles. The number of anilines is 1. The third kappa shape index (κ3) is 4.28. The maximum atomic E-state index is 13.8. The lowest BCUT2D eigenvalue weighted by molar-refractivity contribution is -0.110. The number of sulfonamides is 1. The number of amides is 1. The molecule has 2 aliphatic rings. The van der Waals surface area contributed by atoms with Crippen LogP contribution in [0.2, 0.25) is 0 Å². The largest absolute Gasteiger partial charge is 0.321 e. The van der Waals surface area contributed by atoms with Gasteiger partial charge in [-0.2, -0.15) is 4.31 Å². The van der Waals surface area contributed by atoms with Gasteiger partial charge in [-0.1, -0.05) is 11.6 Å². The molecule has 1 aromatic carbocycles. The topological polar surface area (TPSA) is 82.6 Å². The summed E-state index contributed by atoms with van der Waals surface area (Å²) in [5.74, 6) is -0.190. The fraction of sp³-hybridized carbons (Fsp3) is 0.391. The van der Waals surface area contributed by atoms with Crippen molar-refractivity contribution < 1.29 is 13.2 Å². The molecule has 0 radical (unpaired) electrons. The van der Waals surface area contributed by atoms with Crippen LogP contribution in [0, 0.1) is 0 Å². The van der Waals surface area contributed by atoms with Gasteiger partial charge in [-0.15, -0.1) is 0 Å². The molecule has 7 nitrogen and oxygen atoms in total. The van der Waals surface area contributed by atoms with Crippen molar-refractivity contribution in [3.8, 4) is 0 Å². The molecule has 0 unspecified atom stereocenters. The van der Waals surface area contributed by atoms with Gasteiger partial charge in [-0.3, -0.25) is 9.78 Å². The molecule has 8 heteroatoms. The number of hydrogen-bond donors (Lipinski definition) is 1. The van der Waals surface area contributed by atoms with Crippen LogP contribution in [0.1, 0.15) is 37.9 Å². The van der Waals surface area contributed by atoms with Gasteiger partial charge < -0.3 is 10.2 Å². The molecule has 1 aromatic heterocycles. The van der Waals surface area contributed by atoms with Crippen molar-refractivity contribution in [2.24, 2.45) is 0 Å². The Labute approximate surface area is 183 Å². The zero-order valence-corrected chi connectivity index (χ0v) is 18.9. The molecular weight excluding hydrogens is 412 g/mol. The van der Waals surface area contributed by atoms with E-state index in [0.29, 0.717) is 22.5 Å². The standard InChI is InChI=1S/C23H28N4O3S/c1-16(2)22-20-14-19(7-8-21(20)25-23(22)28)31(29,30)27(15-17-6-4-5-11-24-17)18-9-12-26(3)13-10-18/h4-8,11,14,18H,9-10,12-13,15H2,1-3H3,(H,25,28). The Balaban J connectivity index is 1.74. The molecule has 0 bridgehead atoms. The first-order chi connectivity index (χ1) is 14.8. The Morgan fingerprint density at radius 1 is 1.19 bits per heavy atom. The molecule has 1 amide bonds. The van der Waals surface area contributed by atoms with E-state index in [4.69, 9.17) is 0 Å². The highest BCUT2D eigenvalue weighted by Crippen LogP contribution is 2.36. The Kier molecular flexibility index (Phi) is 5.96. The zero-order chi connectivity index (χ0) is 22.2. The van der Waals surface area contributed by atoms with Gasteiger partial charge >= 0.3 is 0 Å². The number of likely N-dealkylation sites (tertiary alicyclic amines) is 1. The number of nitrogens with zero attached hydrogens (tertiary/aromatic N) is 3. The molecule has 1 saturated heterocycles. The molecule has 2 aliphatic heterocycles. The highest BCUT2D eigenvalue weighted by molar-refractivity contribution is 7.89.